The Labute approximate surface area is 124 Å². The summed E-state index contributed by atoms with van der Waals surface area (Å²) in [5, 5.41) is 31.8. The summed E-state index contributed by atoms with van der Waals surface area (Å²) in [5.74, 6) is 0.494. The molecule has 0 aromatic heterocycles. The quantitative estimate of drug-likeness (QED) is 0.590. The van der Waals surface area contributed by atoms with Crippen LogP contribution in [0.5, 0.6) is 11.5 Å². The van der Waals surface area contributed by atoms with Crippen molar-refractivity contribution >= 4 is 0 Å². The molecule has 2 aromatic rings. The number of benzene rings is 2. The summed E-state index contributed by atoms with van der Waals surface area (Å²) in [6.07, 6.45) is 1.24. The molecular weight excluding hydrogens is 266 g/mol. The van der Waals surface area contributed by atoms with E-state index in [1.54, 1.807) is 36.4 Å². The molecule has 0 fully saturated rings. The average Bonchev–Trinajstić information content (AvgIpc) is 2.47. The summed E-state index contributed by atoms with van der Waals surface area (Å²) in [7, 11) is 0. The van der Waals surface area contributed by atoms with Gasteiger partial charge in [-0.15, -0.1) is 0 Å². The van der Waals surface area contributed by atoms with Gasteiger partial charge in [-0.05, 0) is 54.8 Å². The Morgan fingerprint density at radius 3 is 2.43 bits per heavy atom. The predicted octanol–water partition coefficient (Wildman–Crippen LogP) is 2.35. The van der Waals surface area contributed by atoms with E-state index in [0.717, 1.165) is 30.5 Å². The van der Waals surface area contributed by atoms with Gasteiger partial charge in [0.25, 0.3) is 0 Å². The molecule has 1 unspecified atom stereocenters. The summed E-state index contributed by atoms with van der Waals surface area (Å²) in [5.41, 5.74) is 1.89. The lowest BCUT2D eigenvalue weighted by atomic mass is 10.1. The number of hydrogen-bond acceptors (Lipinski definition) is 4. The molecule has 0 spiro atoms. The lowest BCUT2D eigenvalue weighted by molar-refractivity contribution is 0.175. The zero-order valence-electron chi connectivity index (χ0n) is 11.9. The number of aromatic hydroxyl groups is 2. The van der Waals surface area contributed by atoms with Gasteiger partial charge in [0.15, 0.2) is 0 Å². The first-order valence-corrected chi connectivity index (χ1v) is 7.11. The largest absolute Gasteiger partial charge is 0.508 e. The van der Waals surface area contributed by atoms with Crippen molar-refractivity contribution in [3.63, 3.8) is 0 Å². The van der Waals surface area contributed by atoms with Crippen LogP contribution < -0.4 is 5.32 Å². The number of aliphatic hydroxyl groups is 1. The molecule has 2 rings (SSSR count). The fourth-order valence-electron chi connectivity index (χ4n) is 2.18. The number of aliphatic hydroxyl groups excluding tert-OH is 1. The lowest BCUT2D eigenvalue weighted by Crippen LogP contribution is -2.22. The van der Waals surface area contributed by atoms with Crippen LogP contribution in [-0.4, -0.2) is 28.4 Å². The van der Waals surface area contributed by atoms with E-state index in [1.165, 1.54) is 0 Å². The summed E-state index contributed by atoms with van der Waals surface area (Å²) >= 11 is 0. The Morgan fingerprint density at radius 2 is 1.71 bits per heavy atom. The highest BCUT2D eigenvalue weighted by Crippen LogP contribution is 2.16. The molecule has 0 bridgehead atoms. The van der Waals surface area contributed by atoms with Gasteiger partial charge in [0.1, 0.15) is 11.5 Å². The summed E-state index contributed by atoms with van der Waals surface area (Å²) in [4.78, 5) is 0. The third-order valence-corrected chi connectivity index (χ3v) is 3.35. The van der Waals surface area contributed by atoms with E-state index in [2.05, 4.69) is 5.32 Å². The van der Waals surface area contributed by atoms with Crippen molar-refractivity contribution in [1.82, 2.24) is 5.32 Å². The molecule has 4 heteroatoms. The Kier molecular flexibility index (Phi) is 5.60. The molecule has 0 aliphatic carbocycles. The van der Waals surface area contributed by atoms with Crippen LogP contribution in [0, 0.1) is 0 Å². The van der Waals surface area contributed by atoms with Crippen LogP contribution in [0.4, 0.5) is 0 Å². The van der Waals surface area contributed by atoms with Crippen molar-refractivity contribution in [3.05, 3.63) is 59.7 Å². The number of nitrogens with one attached hydrogen (secondary N) is 1. The van der Waals surface area contributed by atoms with E-state index < -0.39 is 6.10 Å². The second kappa shape index (κ2) is 7.67. The van der Waals surface area contributed by atoms with Crippen molar-refractivity contribution in [2.75, 3.05) is 13.1 Å². The van der Waals surface area contributed by atoms with Crippen molar-refractivity contribution in [3.8, 4) is 11.5 Å². The Hall–Kier alpha value is -2.04. The van der Waals surface area contributed by atoms with Gasteiger partial charge in [0.05, 0.1) is 6.10 Å². The maximum Gasteiger partial charge on any atom is 0.115 e. The molecule has 1 atom stereocenters. The molecule has 4 N–H and O–H groups in total. The lowest BCUT2D eigenvalue weighted by Gasteiger charge is -2.12. The van der Waals surface area contributed by atoms with Crippen LogP contribution in [0.1, 0.15) is 23.7 Å². The Morgan fingerprint density at radius 1 is 0.952 bits per heavy atom. The first kappa shape index (κ1) is 15.4. The molecule has 0 saturated heterocycles. The summed E-state index contributed by atoms with van der Waals surface area (Å²) in [6.45, 7) is 1.27. The maximum atomic E-state index is 9.99. The van der Waals surface area contributed by atoms with Gasteiger partial charge >= 0.3 is 0 Å². The minimum atomic E-state index is -0.577. The molecule has 21 heavy (non-hydrogen) atoms. The summed E-state index contributed by atoms with van der Waals surface area (Å²) < 4.78 is 0. The SMILES string of the molecule is Oc1ccc(C(O)CNCCCc2cccc(O)c2)cc1. The van der Waals surface area contributed by atoms with Crippen LogP contribution in [0.3, 0.4) is 0 Å². The molecule has 2 aromatic carbocycles. The topological polar surface area (TPSA) is 72.7 Å². The van der Waals surface area contributed by atoms with Crippen LogP contribution in [0.2, 0.25) is 0 Å². The van der Waals surface area contributed by atoms with Crippen molar-refractivity contribution < 1.29 is 15.3 Å². The van der Waals surface area contributed by atoms with Gasteiger partial charge in [0.2, 0.25) is 0 Å². The van der Waals surface area contributed by atoms with Crippen LogP contribution >= 0.6 is 0 Å². The Bertz CT molecular complexity index is 554. The second-order valence-electron chi connectivity index (χ2n) is 5.08. The zero-order valence-corrected chi connectivity index (χ0v) is 11.9. The number of hydrogen-bond donors (Lipinski definition) is 4. The number of aryl methyl sites for hydroxylation is 1. The molecule has 0 amide bonds. The smallest absolute Gasteiger partial charge is 0.115 e. The van der Waals surface area contributed by atoms with Crippen LogP contribution in [0.15, 0.2) is 48.5 Å². The van der Waals surface area contributed by atoms with E-state index in [1.807, 2.05) is 12.1 Å². The van der Waals surface area contributed by atoms with Crippen LogP contribution in [-0.2, 0) is 6.42 Å². The van der Waals surface area contributed by atoms with Crippen molar-refractivity contribution in [2.24, 2.45) is 0 Å². The van der Waals surface area contributed by atoms with Crippen molar-refractivity contribution in [2.45, 2.75) is 18.9 Å². The van der Waals surface area contributed by atoms with Gasteiger partial charge < -0.3 is 20.6 Å². The van der Waals surface area contributed by atoms with Gasteiger partial charge in [-0.25, -0.2) is 0 Å². The molecule has 0 radical (unpaired) electrons. The molecular formula is C17H21NO3. The van der Waals surface area contributed by atoms with Gasteiger partial charge in [-0.3, -0.25) is 0 Å². The fraction of sp³-hybridized carbons (Fsp3) is 0.294. The minimum Gasteiger partial charge on any atom is -0.508 e. The number of phenolic OH excluding ortho intramolecular Hbond substituents is 2. The average molecular weight is 287 g/mol. The predicted molar refractivity (Wildman–Crippen MR) is 82.4 cm³/mol. The van der Waals surface area contributed by atoms with E-state index >= 15 is 0 Å². The van der Waals surface area contributed by atoms with Gasteiger partial charge in [0, 0.05) is 6.54 Å². The van der Waals surface area contributed by atoms with Crippen molar-refractivity contribution in [1.29, 1.82) is 0 Å². The molecule has 0 heterocycles. The zero-order chi connectivity index (χ0) is 15.1. The highest BCUT2D eigenvalue weighted by molar-refractivity contribution is 5.28. The van der Waals surface area contributed by atoms with E-state index in [9.17, 15) is 15.3 Å². The first-order chi connectivity index (χ1) is 10.1. The minimum absolute atomic E-state index is 0.199. The molecule has 112 valence electrons. The Balaban J connectivity index is 1.66. The molecule has 0 aliphatic heterocycles. The maximum absolute atomic E-state index is 9.99. The number of phenols is 2. The molecule has 0 saturated carbocycles. The summed E-state index contributed by atoms with van der Waals surface area (Å²) in [6, 6.07) is 13.8. The van der Waals surface area contributed by atoms with E-state index in [-0.39, 0.29) is 5.75 Å². The monoisotopic (exact) mass is 287 g/mol. The third kappa shape index (κ3) is 5.10. The van der Waals surface area contributed by atoms with E-state index in [0.29, 0.717) is 12.3 Å². The standard InChI is InChI=1S/C17H21NO3/c19-15-8-6-14(7-9-15)17(21)12-18-10-2-4-13-3-1-5-16(20)11-13/h1,3,5-9,11,17-21H,2,4,10,12H2. The van der Waals surface area contributed by atoms with E-state index in [4.69, 9.17) is 0 Å². The number of rotatable bonds is 7. The first-order valence-electron chi connectivity index (χ1n) is 7.11. The van der Waals surface area contributed by atoms with Gasteiger partial charge in [-0.2, -0.15) is 0 Å². The molecule has 0 aliphatic rings. The highest BCUT2D eigenvalue weighted by atomic mass is 16.3. The highest BCUT2D eigenvalue weighted by Gasteiger charge is 2.06. The normalized spacial score (nSPS) is 12.2. The second-order valence-corrected chi connectivity index (χ2v) is 5.08. The van der Waals surface area contributed by atoms with Crippen LogP contribution in [0.25, 0.3) is 0 Å². The molecule has 4 nitrogen and oxygen atoms in total. The third-order valence-electron chi connectivity index (χ3n) is 3.35. The fourth-order valence-corrected chi connectivity index (χ4v) is 2.18. The van der Waals surface area contributed by atoms with Gasteiger partial charge in [-0.1, -0.05) is 24.3 Å².